The van der Waals surface area contributed by atoms with Gasteiger partial charge in [0.1, 0.15) is 5.82 Å². The zero-order valence-electron chi connectivity index (χ0n) is 14.3. The Hall–Kier alpha value is -2.05. The highest BCUT2D eigenvalue weighted by molar-refractivity contribution is 5.87. The number of hydrogen-bond donors (Lipinski definition) is 0. The average molecular weight is 354 g/mol. The second-order valence-corrected chi connectivity index (χ2v) is 7.29. The van der Waals surface area contributed by atoms with Crippen molar-refractivity contribution >= 4 is 11.8 Å². The summed E-state index contributed by atoms with van der Waals surface area (Å²) >= 11 is 0. The molecule has 1 spiro atoms. The fourth-order valence-corrected chi connectivity index (χ4v) is 3.92. The van der Waals surface area contributed by atoms with Gasteiger partial charge in [-0.15, -0.1) is 0 Å². The average Bonchev–Trinajstić information content (AvgIpc) is 2.77. The van der Waals surface area contributed by atoms with E-state index in [1.54, 1.807) is 14.0 Å². The highest BCUT2D eigenvalue weighted by Crippen LogP contribution is 2.45. The number of carbonyl (C=O) groups excluding carboxylic acids is 2. The Kier molecular flexibility index (Phi) is 4.29. The lowest BCUT2D eigenvalue weighted by Crippen LogP contribution is -2.57. The Balaban J connectivity index is 1.81. The van der Waals surface area contributed by atoms with Crippen LogP contribution in [0.5, 0.6) is 0 Å². The Labute approximate surface area is 144 Å². The fraction of sp³-hybridized carbons (Fsp3) is 0.556. The largest absolute Gasteiger partial charge is 0.345 e. The molecule has 25 heavy (non-hydrogen) atoms. The molecule has 0 aromatic heterocycles. The highest BCUT2D eigenvalue weighted by atomic mass is 19.3. The second kappa shape index (κ2) is 6.04. The van der Waals surface area contributed by atoms with Crippen LogP contribution in [0.3, 0.4) is 0 Å². The molecule has 1 aromatic carbocycles. The van der Waals surface area contributed by atoms with Crippen LogP contribution >= 0.6 is 0 Å². The van der Waals surface area contributed by atoms with E-state index in [2.05, 4.69) is 0 Å². The molecular weight excluding hydrogens is 333 g/mol. The fourth-order valence-electron chi connectivity index (χ4n) is 3.92. The SMILES string of the molecule is Cc1cc(F)ccc1CC(=O)N1CC(F)(F)C[C@@]2(CCN(C)C2=O)C1. The Morgan fingerprint density at radius 1 is 1.28 bits per heavy atom. The number of alkyl halides is 2. The molecular formula is C18H21F3N2O2. The first kappa shape index (κ1) is 17.8. The predicted molar refractivity (Wildman–Crippen MR) is 85.7 cm³/mol. The van der Waals surface area contributed by atoms with Gasteiger partial charge in [-0.2, -0.15) is 0 Å². The van der Waals surface area contributed by atoms with Gasteiger partial charge in [0.05, 0.1) is 18.4 Å². The molecule has 1 atom stereocenters. The van der Waals surface area contributed by atoms with E-state index in [4.69, 9.17) is 0 Å². The minimum atomic E-state index is -3.09. The smallest absolute Gasteiger partial charge is 0.266 e. The molecule has 2 aliphatic rings. The summed E-state index contributed by atoms with van der Waals surface area (Å²) in [7, 11) is 1.60. The molecule has 7 heteroatoms. The van der Waals surface area contributed by atoms with Crippen LogP contribution in [0.25, 0.3) is 0 Å². The Bertz CT molecular complexity index is 722. The maximum absolute atomic E-state index is 14.3. The number of likely N-dealkylation sites (tertiary alicyclic amines) is 2. The summed E-state index contributed by atoms with van der Waals surface area (Å²) < 4.78 is 41.7. The van der Waals surface area contributed by atoms with Crippen molar-refractivity contribution in [1.29, 1.82) is 0 Å². The third-order valence-corrected chi connectivity index (χ3v) is 5.24. The first-order valence-corrected chi connectivity index (χ1v) is 8.28. The third-order valence-electron chi connectivity index (χ3n) is 5.24. The van der Waals surface area contributed by atoms with Crippen molar-refractivity contribution in [3.63, 3.8) is 0 Å². The number of benzene rings is 1. The van der Waals surface area contributed by atoms with Crippen LogP contribution in [0.4, 0.5) is 13.2 Å². The summed E-state index contributed by atoms with van der Waals surface area (Å²) in [6, 6.07) is 4.05. The van der Waals surface area contributed by atoms with Gasteiger partial charge in [0, 0.05) is 26.6 Å². The molecule has 0 unspecified atom stereocenters. The van der Waals surface area contributed by atoms with E-state index in [1.165, 1.54) is 23.1 Å². The van der Waals surface area contributed by atoms with Crippen LogP contribution in [-0.4, -0.2) is 54.2 Å². The summed E-state index contributed by atoms with van der Waals surface area (Å²) in [6.45, 7) is 1.44. The topological polar surface area (TPSA) is 40.6 Å². The predicted octanol–water partition coefficient (Wildman–Crippen LogP) is 2.39. The minimum absolute atomic E-state index is 0.0187. The molecule has 0 saturated carbocycles. The molecule has 2 heterocycles. The molecule has 0 bridgehead atoms. The summed E-state index contributed by atoms with van der Waals surface area (Å²) in [5, 5.41) is 0. The van der Waals surface area contributed by atoms with Gasteiger partial charge in [0.2, 0.25) is 11.8 Å². The highest BCUT2D eigenvalue weighted by Gasteiger charge is 2.56. The molecule has 3 rings (SSSR count). The van der Waals surface area contributed by atoms with Crippen LogP contribution in [-0.2, 0) is 16.0 Å². The second-order valence-electron chi connectivity index (χ2n) is 7.29. The van der Waals surface area contributed by atoms with E-state index in [0.29, 0.717) is 24.1 Å². The zero-order valence-corrected chi connectivity index (χ0v) is 14.3. The number of rotatable bonds is 2. The lowest BCUT2D eigenvalue weighted by Gasteiger charge is -2.42. The molecule has 2 aliphatic heterocycles. The van der Waals surface area contributed by atoms with E-state index in [0.717, 1.165) is 4.90 Å². The summed E-state index contributed by atoms with van der Waals surface area (Å²) in [5.41, 5.74) is 0.0111. The van der Waals surface area contributed by atoms with Gasteiger partial charge in [-0.05, 0) is 36.6 Å². The standard InChI is InChI=1S/C18H21F3N2O2/c1-12-7-14(19)4-3-13(12)8-15(24)23-10-17(9-18(20,21)11-23)5-6-22(2)16(17)25/h3-4,7H,5-6,8-11H2,1-2H3/t17-/m0/s1. The maximum Gasteiger partial charge on any atom is 0.266 e. The third kappa shape index (κ3) is 3.37. The Morgan fingerprint density at radius 2 is 2.00 bits per heavy atom. The van der Waals surface area contributed by atoms with Crippen molar-refractivity contribution < 1.29 is 22.8 Å². The van der Waals surface area contributed by atoms with Crippen molar-refractivity contribution in [1.82, 2.24) is 9.80 Å². The molecule has 4 nitrogen and oxygen atoms in total. The quantitative estimate of drug-likeness (QED) is 0.818. The summed E-state index contributed by atoms with van der Waals surface area (Å²) in [4.78, 5) is 27.5. The minimum Gasteiger partial charge on any atom is -0.345 e. The van der Waals surface area contributed by atoms with E-state index in [-0.39, 0.29) is 18.9 Å². The normalized spacial score (nSPS) is 25.7. The molecule has 0 aliphatic carbocycles. The van der Waals surface area contributed by atoms with Gasteiger partial charge in [0.25, 0.3) is 5.92 Å². The van der Waals surface area contributed by atoms with Crippen molar-refractivity contribution in [3.05, 3.63) is 35.1 Å². The van der Waals surface area contributed by atoms with Crippen LogP contribution in [0.15, 0.2) is 18.2 Å². The van der Waals surface area contributed by atoms with Crippen molar-refractivity contribution in [3.8, 4) is 0 Å². The zero-order chi connectivity index (χ0) is 18.4. The van der Waals surface area contributed by atoms with Gasteiger partial charge in [-0.1, -0.05) is 6.07 Å². The molecule has 1 aromatic rings. The number of hydrogen-bond acceptors (Lipinski definition) is 2. The van der Waals surface area contributed by atoms with Gasteiger partial charge in [-0.25, -0.2) is 13.2 Å². The number of halogens is 3. The van der Waals surface area contributed by atoms with Gasteiger partial charge >= 0.3 is 0 Å². The number of carbonyl (C=O) groups is 2. The van der Waals surface area contributed by atoms with E-state index in [1.807, 2.05) is 0 Å². The molecule has 136 valence electrons. The molecule has 2 amide bonds. The van der Waals surface area contributed by atoms with E-state index < -0.39 is 36.0 Å². The maximum atomic E-state index is 14.3. The van der Waals surface area contributed by atoms with Crippen molar-refractivity contribution in [2.24, 2.45) is 5.41 Å². The lowest BCUT2D eigenvalue weighted by atomic mass is 9.76. The van der Waals surface area contributed by atoms with Gasteiger partial charge in [0.15, 0.2) is 0 Å². The monoisotopic (exact) mass is 354 g/mol. The van der Waals surface area contributed by atoms with Crippen LogP contribution < -0.4 is 0 Å². The molecule has 2 fully saturated rings. The van der Waals surface area contributed by atoms with Gasteiger partial charge < -0.3 is 9.80 Å². The van der Waals surface area contributed by atoms with Crippen molar-refractivity contribution in [2.75, 3.05) is 26.7 Å². The number of amides is 2. The van der Waals surface area contributed by atoms with Crippen LogP contribution in [0.1, 0.15) is 24.0 Å². The number of nitrogens with zero attached hydrogens (tertiary/aromatic N) is 2. The van der Waals surface area contributed by atoms with Crippen LogP contribution in [0.2, 0.25) is 0 Å². The van der Waals surface area contributed by atoms with Crippen LogP contribution in [0, 0.1) is 18.2 Å². The number of aryl methyl sites for hydroxylation is 1. The summed E-state index contributed by atoms with van der Waals surface area (Å²) in [5.74, 6) is -4.28. The van der Waals surface area contributed by atoms with E-state index >= 15 is 0 Å². The molecule has 0 N–H and O–H groups in total. The van der Waals surface area contributed by atoms with Crippen molar-refractivity contribution in [2.45, 2.75) is 32.1 Å². The Morgan fingerprint density at radius 3 is 2.60 bits per heavy atom. The molecule has 2 saturated heterocycles. The molecule has 0 radical (unpaired) electrons. The van der Waals surface area contributed by atoms with Gasteiger partial charge in [-0.3, -0.25) is 9.59 Å². The first-order valence-electron chi connectivity index (χ1n) is 8.28. The summed E-state index contributed by atoms with van der Waals surface area (Å²) in [6.07, 6.45) is -0.262. The first-order chi connectivity index (χ1) is 11.6. The lowest BCUT2D eigenvalue weighted by molar-refractivity contribution is -0.162. The number of piperidine rings is 1. The van der Waals surface area contributed by atoms with E-state index in [9.17, 15) is 22.8 Å².